The Morgan fingerprint density at radius 3 is 2.39 bits per heavy atom. The molecular formula is C16H16N2O5. The van der Waals surface area contributed by atoms with E-state index in [-0.39, 0.29) is 11.4 Å². The van der Waals surface area contributed by atoms with Crippen LogP contribution in [-0.4, -0.2) is 29.9 Å². The van der Waals surface area contributed by atoms with Crippen molar-refractivity contribution in [1.82, 2.24) is 5.16 Å². The molecule has 0 spiro atoms. The zero-order valence-corrected chi connectivity index (χ0v) is 13.2. The monoisotopic (exact) mass is 316 g/mol. The van der Waals surface area contributed by atoms with Crippen LogP contribution in [0.5, 0.6) is 0 Å². The summed E-state index contributed by atoms with van der Waals surface area (Å²) in [5.74, 6) is -0.882. The molecule has 23 heavy (non-hydrogen) atoms. The molecule has 2 aromatic rings. The number of aromatic nitrogens is 1. The molecule has 7 heteroatoms. The van der Waals surface area contributed by atoms with Crippen molar-refractivity contribution >= 4 is 17.7 Å². The van der Waals surface area contributed by atoms with Crippen LogP contribution in [0.3, 0.4) is 0 Å². The predicted octanol–water partition coefficient (Wildman–Crippen LogP) is 2.66. The van der Waals surface area contributed by atoms with E-state index >= 15 is 0 Å². The van der Waals surface area contributed by atoms with Gasteiger partial charge in [-0.3, -0.25) is 0 Å². The van der Waals surface area contributed by atoms with Crippen molar-refractivity contribution in [2.75, 3.05) is 7.11 Å². The van der Waals surface area contributed by atoms with Gasteiger partial charge in [0, 0.05) is 0 Å². The Labute approximate surface area is 132 Å². The molecule has 0 aliphatic heterocycles. The minimum Gasteiger partial charge on any atom is -0.464 e. The van der Waals surface area contributed by atoms with Gasteiger partial charge < -0.3 is 14.1 Å². The lowest BCUT2D eigenvalue weighted by Gasteiger charge is -2.02. The van der Waals surface area contributed by atoms with E-state index in [0.717, 1.165) is 5.56 Å². The van der Waals surface area contributed by atoms with Crippen molar-refractivity contribution < 1.29 is 23.7 Å². The predicted molar refractivity (Wildman–Crippen MR) is 81.4 cm³/mol. The highest BCUT2D eigenvalue weighted by atomic mass is 16.7. The van der Waals surface area contributed by atoms with Crippen LogP contribution in [0.25, 0.3) is 0 Å². The van der Waals surface area contributed by atoms with Crippen LogP contribution in [0.1, 0.15) is 44.7 Å². The Morgan fingerprint density at radius 1 is 1.13 bits per heavy atom. The van der Waals surface area contributed by atoms with Gasteiger partial charge in [0.2, 0.25) is 5.69 Å². The lowest BCUT2D eigenvalue weighted by atomic mass is 10.1. The quantitative estimate of drug-likeness (QED) is 0.373. The molecule has 1 heterocycles. The fourth-order valence-corrected chi connectivity index (χ4v) is 1.93. The number of methoxy groups -OCH3 is 1. The molecule has 0 atom stereocenters. The van der Waals surface area contributed by atoms with Gasteiger partial charge in [-0.25, -0.2) is 9.59 Å². The van der Waals surface area contributed by atoms with Gasteiger partial charge in [-0.2, -0.15) is 0 Å². The highest BCUT2D eigenvalue weighted by Gasteiger charge is 2.23. The van der Waals surface area contributed by atoms with Crippen LogP contribution in [0.2, 0.25) is 0 Å². The number of aryl methyl sites for hydroxylation is 2. The first-order valence-electron chi connectivity index (χ1n) is 6.81. The normalized spacial score (nSPS) is 11.2. The summed E-state index contributed by atoms with van der Waals surface area (Å²) < 4.78 is 9.59. The van der Waals surface area contributed by atoms with E-state index in [9.17, 15) is 9.59 Å². The molecule has 0 radical (unpaired) electrons. The second kappa shape index (κ2) is 6.87. The molecule has 0 saturated heterocycles. The van der Waals surface area contributed by atoms with E-state index in [0.29, 0.717) is 16.9 Å². The highest BCUT2D eigenvalue weighted by molar-refractivity contribution is 6.07. The van der Waals surface area contributed by atoms with E-state index in [2.05, 4.69) is 15.0 Å². The van der Waals surface area contributed by atoms with Crippen LogP contribution >= 0.6 is 0 Å². The third-order valence-corrected chi connectivity index (χ3v) is 3.16. The summed E-state index contributed by atoms with van der Waals surface area (Å²) in [5, 5.41) is 7.39. The van der Waals surface area contributed by atoms with Gasteiger partial charge >= 0.3 is 11.9 Å². The summed E-state index contributed by atoms with van der Waals surface area (Å²) in [5.41, 5.74) is 2.02. The van der Waals surface area contributed by atoms with Gasteiger partial charge in [0.1, 0.15) is 5.76 Å². The Bertz CT molecular complexity index is 759. The van der Waals surface area contributed by atoms with Gasteiger partial charge in [0.15, 0.2) is 0 Å². The lowest BCUT2D eigenvalue weighted by molar-refractivity contribution is 0.0516. The van der Waals surface area contributed by atoms with Crippen LogP contribution < -0.4 is 0 Å². The van der Waals surface area contributed by atoms with E-state index < -0.39 is 11.9 Å². The second-order valence-electron chi connectivity index (χ2n) is 4.88. The van der Waals surface area contributed by atoms with Crippen LogP contribution in [0.15, 0.2) is 33.9 Å². The topological polar surface area (TPSA) is 91.0 Å². The van der Waals surface area contributed by atoms with Gasteiger partial charge in [0.25, 0.3) is 0 Å². The minimum atomic E-state index is -0.656. The summed E-state index contributed by atoms with van der Waals surface area (Å²) in [7, 11) is 1.24. The molecule has 0 saturated carbocycles. The largest absolute Gasteiger partial charge is 0.464 e. The van der Waals surface area contributed by atoms with Gasteiger partial charge in [-0.15, -0.1) is 0 Å². The standard InChI is InChI=1S/C16H16N2O5/c1-9-5-7-12(8-6-9)15(19)23-17-10(2)13-11(3)22-18-14(13)16(20)21-4/h5-8H,1-4H3/b17-10+. The number of oxime groups is 1. The first kappa shape index (κ1) is 16.4. The average molecular weight is 316 g/mol. The van der Waals surface area contributed by atoms with E-state index in [1.54, 1.807) is 38.1 Å². The molecule has 0 bridgehead atoms. The Morgan fingerprint density at radius 2 is 1.78 bits per heavy atom. The van der Waals surface area contributed by atoms with E-state index in [1.807, 2.05) is 6.92 Å². The van der Waals surface area contributed by atoms with Crippen LogP contribution in [0, 0.1) is 13.8 Å². The van der Waals surface area contributed by atoms with Crippen molar-refractivity contribution in [1.29, 1.82) is 0 Å². The fourth-order valence-electron chi connectivity index (χ4n) is 1.93. The number of benzene rings is 1. The van der Waals surface area contributed by atoms with Gasteiger partial charge in [-0.05, 0) is 32.9 Å². The third-order valence-electron chi connectivity index (χ3n) is 3.16. The lowest BCUT2D eigenvalue weighted by Crippen LogP contribution is -2.10. The van der Waals surface area contributed by atoms with Crippen molar-refractivity contribution in [3.8, 4) is 0 Å². The third kappa shape index (κ3) is 3.63. The summed E-state index contributed by atoms with van der Waals surface area (Å²) in [6, 6.07) is 6.89. The number of nitrogens with zero attached hydrogens (tertiary/aromatic N) is 2. The molecule has 7 nitrogen and oxygen atoms in total. The van der Waals surface area contributed by atoms with Crippen LogP contribution in [-0.2, 0) is 9.57 Å². The van der Waals surface area contributed by atoms with Gasteiger partial charge in [-0.1, -0.05) is 28.0 Å². The number of hydrogen-bond acceptors (Lipinski definition) is 7. The molecule has 2 rings (SSSR count). The SMILES string of the molecule is COC(=O)c1noc(C)c1/C(C)=N/OC(=O)c1ccc(C)cc1. The second-order valence-corrected chi connectivity index (χ2v) is 4.88. The molecule has 0 N–H and O–H groups in total. The molecule has 120 valence electrons. The number of carbonyl (C=O) groups is 2. The first-order valence-corrected chi connectivity index (χ1v) is 6.81. The smallest absolute Gasteiger partial charge is 0.365 e. The number of ether oxygens (including phenoxy) is 1. The Kier molecular flexibility index (Phi) is 4.90. The van der Waals surface area contributed by atoms with Crippen molar-refractivity contribution in [3.05, 3.63) is 52.4 Å². The van der Waals surface area contributed by atoms with Crippen molar-refractivity contribution in [3.63, 3.8) is 0 Å². The van der Waals surface area contributed by atoms with Gasteiger partial charge in [0.05, 0.1) is 23.9 Å². The maximum Gasteiger partial charge on any atom is 0.365 e. The number of hydrogen-bond donors (Lipinski definition) is 0. The molecule has 0 unspecified atom stereocenters. The number of esters is 1. The minimum absolute atomic E-state index is 0.0161. The van der Waals surface area contributed by atoms with Crippen molar-refractivity contribution in [2.45, 2.75) is 20.8 Å². The first-order chi connectivity index (χ1) is 10.9. The molecule has 0 aliphatic carbocycles. The molecule has 1 aromatic carbocycles. The summed E-state index contributed by atoms with van der Waals surface area (Å²) >= 11 is 0. The Hall–Kier alpha value is -2.96. The van der Waals surface area contributed by atoms with Crippen molar-refractivity contribution in [2.24, 2.45) is 5.16 Å². The molecule has 0 aliphatic rings. The van der Waals surface area contributed by atoms with Crippen LogP contribution in [0.4, 0.5) is 0 Å². The number of rotatable bonds is 4. The average Bonchev–Trinajstić information content (AvgIpc) is 2.94. The highest BCUT2D eigenvalue weighted by Crippen LogP contribution is 2.16. The Balaban J connectivity index is 2.20. The van der Waals surface area contributed by atoms with E-state index in [1.165, 1.54) is 7.11 Å². The zero-order chi connectivity index (χ0) is 17.0. The molecule has 1 aromatic heterocycles. The molecule has 0 fully saturated rings. The fraction of sp³-hybridized carbons (Fsp3) is 0.250. The number of carbonyl (C=O) groups excluding carboxylic acids is 2. The summed E-state index contributed by atoms with van der Waals surface area (Å²) in [6.45, 7) is 5.12. The maximum absolute atomic E-state index is 11.9. The summed E-state index contributed by atoms with van der Waals surface area (Å²) in [4.78, 5) is 28.5. The summed E-state index contributed by atoms with van der Waals surface area (Å²) in [6.07, 6.45) is 0. The molecular weight excluding hydrogens is 300 g/mol. The maximum atomic E-state index is 11.9. The van der Waals surface area contributed by atoms with E-state index in [4.69, 9.17) is 9.36 Å². The molecule has 0 amide bonds. The zero-order valence-electron chi connectivity index (χ0n) is 13.2.